The van der Waals surface area contributed by atoms with E-state index in [9.17, 15) is 4.79 Å². The smallest absolute Gasteiger partial charge is 0.336 e. The summed E-state index contributed by atoms with van der Waals surface area (Å²) in [4.78, 5) is 16.4. The molecule has 1 N–H and O–H groups in total. The molecule has 0 saturated heterocycles. The van der Waals surface area contributed by atoms with Crippen molar-refractivity contribution < 1.29 is 4.42 Å². The summed E-state index contributed by atoms with van der Waals surface area (Å²) >= 11 is 7.46. The Kier molecular flexibility index (Phi) is 4.97. The van der Waals surface area contributed by atoms with Gasteiger partial charge in [-0.1, -0.05) is 37.1 Å². The van der Waals surface area contributed by atoms with Gasteiger partial charge in [0.2, 0.25) is 0 Å². The van der Waals surface area contributed by atoms with Gasteiger partial charge in [-0.25, -0.2) is 9.78 Å². The zero-order chi connectivity index (χ0) is 18.8. The molecule has 2 aromatic heterocycles. The van der Waals surface area contributed by atoms with Crippen molar-refractivity contribution in [1.29, 1.82) is 0 Å². The molecule has 0 aliphatic carbocycles. The Morgan fingerprint density at radius 1 is 1.15 bits per heavy atom. The van der Waals surface area contributed by atoms with Crippen molar-refractivity contribution in [2.24, 2.45) is 0 Å². The molecular weight excluding hydrogens is 380 g/mol. The predicted molar refractivity (Wildman–Crippen MR) is 112 cm³/mol. The summed E-state index contributed by atoms with van der Waals surface area (Å²) in [7, 11) is 0. The van der Waals surface area contributed by atoms with Gasteiger partial charge in [0, 0.05) is 39.2 Å². The van der Waals surface area contributed by atoms with E-state index in [0.717, 1.165) is 45.9 Å². The number of nitrogens with one attached hydrogen (secondary N) is 1. The number of thiazole rings is 1. The van der Waals surface area contributed by atoms with Gasteiger partial charge < -0.3 is 9.73 Å². The molecule has 136 valence electrons. The second kappa shape index (κ2) is 7.55. The lowest BCUT2D eigenvalue weighted by Gasteiger charge is -2.07. The van der Waals surface area contributed by atoms with Crippen LogP contribution in [0.3, 0.4) is 0 Å². The zero-order valence-corrected chi connectivity index (χ0v) is 16.2. The number of fused-ring (bicyclic) bond motifs is 1. The second-order valence-corrected chi connectivity index (χ2v) is 7.52. The first kappa shape index (κ1) is 17.8. The Morgan fingerprint density at radius 3 is 2.74 bits per heavy atom. The molecule has 0 unspecified atom stereocenters. The summed E-state index contributed by atoms with van der Waals surface area (Å²) in [6.07, 6.45) is 1.83. The number of rotatable bonds is 5. The quantitative estimate of drug-likeness (QED) is 0.404. The number of halogens is 1. The molecule has 0 atom stereocenters. The third-order valence-corrected chi connectivity index (χ3v) is 5.25. The lowest BCUT2D eigenvalue weighted by atomic mass is 10.1. The van der Waals surface area contributed by atoms with Gasteiger partial charge in [0.05, 0.1) is 5.69 Å². The van der Waals surface area contributed by atoms with Gasteiger partial charge in [-0.05, 0) is 36.2 Å². The summed E-state index contributed by atoms with van der Waals surface area (Å²) < 4.78 is 5.39. The molecule has 0 spiro atoms. The molecule has 0 saturated carbocycles. The van der Waals surface area contributed by atoms with E-state index in [2.05, 4.69) is 17.2 Å². The largest absolute Gasteiger partial charge is 0.423 e. The molecule has 6 heteroatoms. The zero-order valence-electron chi connectivity index (χ0n) is 14.7. The molecule has 4 nitrogen and oxygen atoms in total. The van der Waals surface area contributed by atoms with Crippen LogP contribution in [0.5, 0.6) is 0 Å². The molecule has 4 aromatic rings. The molecular formula is C21H17ClN2O2S. The average molecular weight is 397 g/mol. The topological polar surface area (TPSA) is 55.1 Å². The fourth-order valence-electron chi connectivity index (χ4n) is 2.99. The first-order valence-electron chi connectivity index (χ1n) is 8.67. The maximum atomic E-state index is 11.8. The number of aromatic nitrogens is 1. The third-order valence-electron chi connectivity index (χ3n) is 4.24. The summed E-state index contributed by atoms with van der Waals surface area (Å²) in [6, 6.07) is 15.0. The van der Waals surface area contributed by atoms with Crippen molar-refractivity contribution in [2.45, 2.75) is 19.8 Å². The second-order valence-electron chi connectivity index (χ2n) is 6.22. The van der Waals surface area contributed by atoms with E-state index in [1.54, 1.807) is 6.07 Å². The monoisotopic (exact) mass is 396 g/mol. The maximum absolute atomic E-state index is 11.8. The van der Waals surface area contributed by atoms with Crippen molar-refractivity contribution in [1.82, 2.24) is 4.98 Å². The van der Waals surface area contributed by atoms with Crippen LogP contribution < -0.4 is 10.9 Å². The van der Waals surface area contributed by atoms with Crippen LogP contribution in [0.25, 0.3) is 22.2 Å². The normalized spacial score (nSPS) is 11.0. The van der Waals surface area contributed by atoms with Crippen LogP contribution in [0.1, 0.15) is 18.9 Å². The van der Waals surface area contributed by atoms with E-state index in [1.807, 2.05) is 47.8 Å². The number of hydrogen-bond acceptors (Lipinski definition) is 5. The van der Waals surface area contributed by atoms with E-state index in [-0.39, 0.29) is 5.63 Å². The van der Waals surface area contributed by atoms with Crippen molar-refractivity contribution in [3.05, 3.63) is 74.9 Å². The highest BCUT2D eigenvalue weighted by Gasteiger charge is 2.08. The van der Waals surface area contributed by atoms with Gasteiger partial charge in [0.25, 0.3) is 0 Å². The van der Waals surface area contributed by atoms with Gasteiger partial charge in [0.1, 0.15) is 5.58 Å². The lowest BCUT2D eigenvalue weighted by molar-refractivity contribution is 0.559. The number of hydrogen-bond donors (Lipinski definition) is 1. The molecule has 0 aliphatic heterocycles. The van der Waals surface area contributed by atoms with Gasteiger partial charge in [0.15, 0.2) is 5.13 Å². The molecule has 2 aromatic carbocycles. The van der Waals surface area contributed by atoms with Gasteiger partial charge in [-0.3, -0.25) is 0 Å². The molecule has 2 heterocycles. The van der Waals surface area contributed by atoms with Gasteiger partial charge >= 0.3 is 5.63 Å². The Labute approximate surface area is 165 Å². The Hall–Kier alpha value is -2.63. The lowest BCUT2D eigenvalue weighted by Crippen LogP contribution is -2.01. The summed E-state index contributed by atoms with van der Waals surface area (Å²) in [5.74, 6) is 0. The molecule has 4 rings (SSSR count). The Morgan fingerprint density at radius 2 is 1.96 bits per heavy atom. The predicted octanol–water partition coefficient (Wildman–Crippen LogP) is 6.27. The van der Waals surface area contributed by atoms with Crippen molar-refractivity contribution in [3.8, 4) is 11.3 Å². The van der Waals surface area contributed by atoms with E-state index >= 15 is 0 Å². The van der Waals surface area contributed by atoms with Crippen LogP contribution in [-0.4, -0.2) is 4.98 Å². The summed E-state index contributed by atoms with van der Waals surface area (Å²) in [6.45, 7) is 2.09. The summed E-state index contributed by atoms with van der Waals surface area (Å²) in [5, 5.41) is 7.73. The maximum Gasteiger partial charge on any atom is 0.336 e. The minimum Gasteiger partial charge on any atom is -0.423 e. The van der Waals surface area contributed by atoms with Crippen molar-refractivity contribution >= 4 is 44.7 Å². The third kappa shape index (κ3) is 3.89. The molecule has 0 radical (unpaired) electrons. The number of aryl methyl sites for hydroxylation is 1. The number of nitrogens with zero attached hydrogens (tertiary/aromatic N) is 1. The van der Waals surface area contributed by atoms with Crippen LogP contribution in [0.15, 0.2) is 63.1 Å². The van der Waals surface area contributed by atoms with Crippen LogP contribution in [0.2, 0.25) is 5.02 Å². The molecule has 0 bridgehead atoms. The van der Waals surface area contributed by atoms with Crippen LogP contribution in [0.4, 0.5) is 10.8 Å². The van der Waals surface area contributed by atoms with Gasteiger partial charge in [-0.2, -0.15) is 0 Å². The molecule has 27 heavy (non-hydrogen) atoms. The van der Waals surface area contributed by atoms with Crippen molar-refractivity contribution in [2.75, 3.05) is 5.32 Å². The SMILES string of the molecule is CCCc1cc(=O)oc2cc(Nc3nc(-c4ccc(Cl)cc4)cs3)ccc12. The van der Waals surface area contributed by atoms with E-state index in [1.165, 1.54) is 11.3 Å². The average Bonchev–Trinajstić information content (AvgIpc) is 3.10. The molecule has 0 fully saturated rings. The molecule has 0 amide bonds. The van der Waals surface area contributed by atoms with Gasteiger partial charge in [-0.15, -0.1) is 11.3 Å². The van der Waals surface area contributed by atoms with Crippen LogP contribution in [0, 0.1) is 0 Å². The van der Waals surface area contributed by atoms with Crippen molar-refractivity contribution in [3.63, 3.8) is 0 Å². The van der Waals surface area contributed by atoms with E-state index in [4.69, 9.17) is 16.0 Å². The number of anilines is 2. The number of benzene rings is 2. The highest BCUT2D eigenvalue weighted by atomic mass is 35.5. The Balaban J connectivity index is 1.62. The highest BCUT2D eigenvalue weighted by Crippen LogP contribution is 2.29. The fourth-order valence-corrected chi connectivity index (χ4v) is 3.86. The fraction of sp³-hybridized carbons (Fsp3) is 0.143. The van der Waals surface area contributed by atoms with E-state index < -0.39 is 0 Å². The standard InChI is InChI=1S/C21H17ClN2O2S/c1-2-3-14-10-20(25)26-19-11-16(8-9-17(14)19)23-21-24-18(12-27-21)13-4-6-15(22)7-5-13/h4-12H,2-3H2,1H3,(H,23,24). The van der Waals surface area contributed by atoms with E-state index in [0.29, 0.717) is 10.6 Å². The molecule has 0 aliphatic rings. The first-order chi connectivity index (χ1) is 13.1. The summed E-state index contributed by atoms with van der Waals surface area (Å²) in [5.41, 5.74) is 4.02. The van der Waals surface area contributed by atoms with Crippen LogP contribution >= 0.6 is 22.9 Å². The first-order valence-corrected chi connectivity index (χ1v) is 9.93. The minimum absolute atomic E-state index is 0.317. The van der Waals surface area contributed by atoms with Crippen LogP contribution in [-0.2, 0) is 6.42 Å². The highest BCUT2D eigenvalue weighted by molar-refractivity contribution is 7.14. The Bertz CT molecular complexity index is 1150. The minimum atomic E-state index is -0.317.